The first-order valence-corrected chi connectivity index (χ1v) is 7.10. The first kappa shape index (κ1) is 13.5. The van der Waals surface area contributed by atoms with Crippen molar-refractivity contribution >= 4 is 28.4 Å². The second-order valence-corrected chi connectivity index (χ2v) is 5.24. The van der Waals surface area contributed by atoms with Gasteiger partial charge in [-0.25, -0.2) is 0 Å². The number of hydrogen-bond donors (Lipinski definition) is 1. The predicted octanol–water partition coefficient (Wildman–Crippen LogP) is 1.86. The Balaban J connectivity index is 2.08. The minimum Gasteiger partial charge on any atom is -0.343 e. The van der Waals surface area contributed by atoms with Gasteiger partial charge in [0.15, 0.2) is 0 Å². The third-order valence-corrected chi connectivity index (χ3v) is 3.83. The number of piperazine rings is 1. The zero-order chi connectivity index (χ0) is 15.0. The largest absolute Gasteiger partial charge is 0.343 e. The molecule has 0 radical (unpaired) electrons. The van der Waals surface area contributed by atoms with Crippen LogP contribution < -0.4 is 10.2 Å². The standard InChI is InChI=1S/C16H17N3O2/c1-3-14-15(20)18-10(2)16(21)19(14)12-6-7-13-11(9-12)5-4-8-17-13/h4-10,14H,3H2,1-2H3,(H,18,20). The molecule has 5 heteroatoms. The van der Waals surface area contributed by atoms with E-state index in [2.05, 4.69) is 10.3 Å². The summed E-state index contributed by atoms with van der Waals surface area (Å²) in [5.74, 6) is -0.180. The van der Waals surface area contributed by atoms with Gasteiger partial charge in [-0.15, -0.1) is 0 Å². The SMILES string of the molecule is CCC1C(=O)NC(C)C(=O)N1c1ccc2ncccc2c1. The second-order valence-electron chi connectivity index (χ2n) is 5.24. The van der Waals surface area contributed by atoms with E-state index in [1.807, 2.05) is 37.3 Å². The Hall–Kier alpha value is -2.43. The summed E-state index contributed by atoms with van der Waals surface area (Å²) in [5, 5.41) is 3.68. The van der Waals surface area contributed by atoms with E-state index in [0.29, 0.717) is 6.42 Å². The molecule has 0 aliphatic carbocycles. The maximum Gasteiger partial charge on any atom is 0.250 e. The van der Waals surface area contributed by atoms with Gasteiger partial charge in [-0.05, 0) is 37.6 Å². The second kappa shape index (κ2) is 5.16. The monoisotopic (exact) mass is 283 g/mol. The molecule has 21 heavy (non-hydrogen) atoms. The van der Waals surface area contributed by atoms with E-state index in [-0.39, 0.29) is 11.8 Å². The fourth-order valence-electron chi connectivity index (χ4n) is 2.74. The van der Waals surface area contributed by atoms with Crippen LogP contribution in [0.2, 0.25) is 0 Å². The van der Waals surface area contributed by atoms with Crippen molar-refractivity contribution in [1.82, 2.24) is 10.3 Å². The highest BCUT2D eigenvalue weighted by atomic mass is 16.2. The highest BCUT2D eigenvalue weighted by Gasteiger charge is 2.38. The molecule has 0 saturated carbocycles. The van der Waals surface area contributed by atoms with E-state index in [9.17, 15) is 9.59 Å². The maximum atomic E-state index is 12.5. The van der Waals surface area contributed by atoms with Crippen molar-refractivity contribution in [1.29, 1.82) is 0 Å². The highest BCUT2D eigenvalue weighted by Crippen LogP contribution is 2.26. The van der Waals surface area contributed by atoms with Gasteiger partial charge in [-0.2, -0.15) is 0 Å². The van der Waals surface area contributed by atoms with Crippen LogP contribution in [0.4, 0.5) is 5.69 Å². The van der Waals surface area contributed by atoms with E-state index < -0.39 is 12.1 Å². The first-order valence-electron chi connectivity index (χ1n) is 7.10. The van der Waals surface area contributed by atoms with Crippen molar-refractivity contribution in [2.45, 2.75) is 32.4 Å². The van der Waals surface area contributed by atoms with Crippen LogP contribution in [0.5, 0.6) is 0 Å². The topological polar surface area (TPSA) is 62.3 Å². The number of fused-ring (bicyclic) bond motifs is 1. The quantitative estimate of drug-likeness (QED) is 0.915. The van der Waals surface area contributed by atoms with Gasteiger partial charge < -0.3 is 5.32 Å². The average Bonchev–Trinajstić information content (AvgIpc) is 2.50. The van der Waals surface area contributed by atoms with Crippen molar-refractivity contribution in [3.8, 4) is 0 Å². The van der Waals surface area contributed by atoms with E-state index in [0.717, 1.165) is 16.6 Å². The molecule has 5 nitrogen and oxygen atoms in total. The van der Waals surface area contributed by atoms with Gasteiger partial charge >= 0.3 is 0 Å². The fourth-order valence-corrected chi connectivity index (χ4v) is 2.74. The lowest BCUT2D eigenvalue weighted by atomic mass is 10.0. The summed E-state index contributed by atoms with van der Waals surface area (Å²) in [7, 11) is 0. The normalized spacial score (nSPS) is 22.5. The number of rotatable bonds is 2. The number of nitrogens with zero attached hydrogens (tertiary/aromatic N) is 2. The lowest BCUT2D eigenvalue weighted by molar-refractivity contribution is -0.133. The van der Waals surface area contributed by atoms with Crippen LogP contribution in [0.15, 0.2) is 36.5 Å². The number of pyridine rings is 1. The Kier molecular flexibility index (Phi) is 3.33. The van der Waals surface area contributed by atoms with Gasteiger partial charge in [-0.1, -0.05) is 13.0 Å². The van der Waals surface area contributed by atoms with Crippen molar-refractivity contribution in [3.05, 3.63) is 36.5 Å². The average molecular weight is 283 g/mol. The Morgan fingerprint density at radius 1 is 1.29 bits per heavy atom. The Labute approximate surface area is 123 Å². The van der Waals surface area contributed by atoms with Crippen LogP contribution >= 0.6 is 0 Å². The number of benzene rings is 1. The molecule has 2 unspecified atom stereocenters. The Bertz CT molecular complexity index is 713. The van der Waals surface area contributed by atoms with E-state index in [4.69, 9.17) is 0 Å². The molecule has 1 N–H and O–H groups in total. The third kappa shape index (κ3) is 2.24. The molecule has 1 aliphatic heterocycles. The lowest BCUT2D eigenvalue weighted by Gasteiger charge is -2.37. The summed E-state index contributed by atoms with van der Waals surface area (Å²) in [5.41, 5.74) is 1.62. The summed E-state index contributed by atoms with van der Waals surface area (Å²) in [4.78, 5) is 30.5. The van der Waals surface area contributed by atoms with Crippen LogP contribution in [-0.2, 0) is 9.59 Å². The van der Waals surface area contributed by atoms with E-state index in [1.165, 1.54) is 0 Å². The molecule has 2 heterocycles. The third-order valence-electron chi connectivity index (χ3n) is 3.83. The Morgan fingerprint density at radius 2 is 2.10 bits per heavy atom. The molecule has 2 aromatic rings. The molecule has 1 fully saturated rings. The summed E-state index contributed by atoms with van der Waals surface area (Å²) >= 11 is 0. The summed E-state index contributed by atoms with van der Waals surface area (Å²) in [6.45, 7) is 3.62. The summed E-state index contributed by atoms with van der Waals surface area (Å²) < 4.78 is 0. The van der Waals surface area contributed by atoms with Crippen molar-refractivity contribution in [3.63, 3.8) is 0 Å². The summed E-state index contributed by atoms with van der Waals surface area (Å²) in [6, 6.07) is 8.49. The molecule has 2 atom stereocenters. The van der Waals surface area contributed by atoms with E-state index >= 15 is 0 Å². The van der Waals surface area contributed by atoms with Gasteiger partial charge in [0, 0.05) is 17.3 Å². The van der Waals surface area contributed by atoms with Crippen LogP contribution in [0.1, 0.15) is 20.3 Å². The van der Waals surface area contributed by atoms with Gasteiger partial charge in [0.05, 0.1) is 5.52 Å². The van der Waals surface area contributed by atoms with Crippen LogP contribution in [0.25, 0.3) is 10.9 Å². The Morgan fingerprint density at radius 3 is 2.86 bits per heavy atom. The summed E-state index contributed by atoms with van der Waals surface area (Å²) in [6.07, 6.45) is 2.31. The number of aromatic nitrogens is 1. The number of carbonyl (C=O) groups excluding carboxylic acids is 2. The smallest absolute Gasteiger partial charge is 0.250 e. The number of anilines is 1. The van der Waals surface area contributed by atoms with Gasteiger partial charge in [0.1, 0.15) is 12.1 Å². The highest BCUT2D eigenvalue weighted by molar-refractivity contribution is 6.08. The number of hydrogen-bond acceptors (Lipinski definition) is 3. The first-order chi connectivity index (χ1) is 10.1. The van der Waals surface area contributed by atoms with Crippen LogP contribution in [0, 0.1) is 0 Å². The van der Waals surface area contributed by atoms with Gasteiger partial charge in [0.25, 0.3) is 0 Å². The zero-order valence-corrected chi connectivity index (χ0v) is 12.0. The molecule has 2 amide bonds. The van der Waals surface area contributed by atoms with Crippen molar-refractivity contribution < 1.29 is 9.59 Å². The number of carbonyl (C=O) groups is 2. The molecule has 1 saturated heterocycles. The van der Waals surface area contributed by atoms with Crippen molar-refractivity contribution in [2.75, 3.05) is 4.90 Å². The molecule has 0 bridgehead atoms. The molecule has 1 aromatic heterocycles. The predicted molar refractivity (Wildman–Crippen MR) is 80.9 cm³/mol. The van der Waals surface area contributed by atoms with Crippen molar-refractivity contribution in [2.24, 2.45) is 0 Å². The molecule has 1 aromatic carbocycles. The zero-order valence-electron chi connectivity index (χ0n) is 12.0. The molecule has 3 rings (SSSR count). The number of nitrogens with one attached hydrogen (secondary N) is 1. The fraction of sp³-hybridized carbons (Fsp3) is 0.312. The van der Waals surface area contributed by atoms with Crippen LogP contribution in [0.3, 0.4) is 0 Å². The lowest BCUT2D eigenvalue weighted by Crippen LogP contribution is -2.62. The molecule has 108 valence electrons. The molecular formula is C16H17N3O2. The van der Waals surface area contributed by atoms with Gasteiger partial charge in [-0.3, -0.25) is 19.5 Å². The van der Waals surface area contributed by atoms with E-state index in [1.54, 1.807) is 18.0 Å². The minimum atomic E-state index is -0.495. The van der Waals surface area contributed by atoms with Crippen LogP contribution in [-0.4, -0.2) is 28.9 Å². The molecule has 1 aliphatic rings. The maximum absolute atomic E-state index is 12.5. The number of amides is 2. The minimum absolute atomic E-state index is 0.0790. The molecular weight excluding hydrogens is 266 g/mol. The molecule has 0 spiro atoms. The van der Waals surface area contributed by atoms with Gasteiger partial charge in [0.2, 0.25) is 11.8 Å².